The predicted octanol–water partition coefficient (Wildman–Crippen LogP) is 4.43. The van der Waals surface area contributed by atoms with Crippen molar-refractivity contribution in [3.05, 3.63) is 57.3 Å². The van der Waals surface area contributed by atoms with E-state index in [1.54, 1.807) is 14.2 Å². The van der Waals surface area contributed by atoms with E-state index < -0.39 is 0 Å². The molecule has 1 atom stereocenters. The van der Waals surface area contributed by atoms with Crippen LogP contribution in [0.25, 0.3) is 0 Å². The van der Waals surface area contributed by atoms with E-state index in [0.29, 0.717) is 6.42 Å². The first kappa shape index (κ1) is 17.2. The van der Waals surface area contributed by atoms with E-state index in [1.807, 2.05) is 18.2 Å². The Kier molecular flexibility index (Phi) is 5.41. The van der Waals surface area contributed by atoms with Crippen LogP contribution in [-0.4, -0.2) is 20.8 Å². The molecule has 3 nitrogen and oxygen atoms in total. The Morgan fingerprint density at radius 1 is 1.17 bits per heavy atom. The summed E-state index contributed by atoms with van der Waals surface area (Å²) < 4.78 is 25.6. The molecule has 24 heavy (non-hydrogen) atoms. The third-order valence-corrected chi connectivity index (χ3v) is 5.02. The van der Waals surface area contributed by atoms with Gasteiger partial charge in [-0.05, 0) is 66.8 Å². The molecule has 0 amide bonds. The second kappa shape index (κ2) is 7.53. The Hall–Kier alpha value is -1.59. The molecule has 0 saturated carbocycles. The number of hydrogen-bond donors (Lipinski definition) is 1. The maximum absolute atomic E-state index is 14.0. The number of hydrogen-bond acceptors (Lipinski definition) is 3. The molecule has 0 radical (unpaired) electrons. The highest BCUT2D eigenvalue weighted by Gasteiger charge is 2.22. The minimum atomic E-state index is -0.160. The van der Waals surface area contributed by atoms with Crippen molar-refractivity contribution >= 4 is 15.9 Å². The predicted molar refractivity (Wildman–Crippen MR) is 96.4 cm³/mol. The van der Waals surface area contributed by atoms with Gasteiger partial charge in [0.05, 0.1) is 14.2 Å². The summed E-state index contributed by atoms with van der Waals surface area (Å²) in [5, 5.41) is 3.54. The zero-order valence-electron chi connectivity index (χ0n) is 13.9. The van der Waals surface area contributed by atoms with Gasteiger partial charge in [0.1, 0.15) is 5.82 Å². The molecule has 0 aromatic heterocycles. The number of benzene rings is 2. The van der Waals surface area contributed by atoms with E-state index in [4.69, 9.17) is 9.47 Å². The summed E-state index contributed by atoms with van der Waals surface area (Å²) in [6.45, 7) is 0.913. The zero-order chi connectivity index (χ0) is 17.1. The molecule has 1 aliphatic rings. The average molecular weight is 394 g/mol. The molecule has 0 saturated heterocycles. The lowest BCUT2D eigenvalue weighted by Gasteiger charge is -2.28. The van der Waals surface area contributed by atoms with Crippen LogP contribution in [0.15, 0.2) is 34.8 Å². The van der Waals surface area contributed by atoms with Gasteiger partial charge in [-0.3, -0.25) is 0 Å². The van der Waals surface area contributed by atoms with Gasteiger partial charge in [0, 0.05) is 10.5 Å². The molecule has 1 N–H and O–H groups in total. The highest BCUT2D eigenvalue weighted by molar-refractivity contribution is 9.10. The molecule has 1 unspecified atom stereocenters. The lowest BCUT2D eigenvalue weighted by Crippen LogP contribution is -2.30. The zero-order valence-corrected chi connectivity index (χ0v) is 15.5. The Bertz CT molecular complexity index is 736. The van der Waals surface area contributed by atoms with Gasteiger partial charge >= 0.3 is 0 Å². The maximum Gasteiger partial charge on any atom is 0.161 e. The van der Waals surface area contributed by atoms with E-state index in [0.717, 1.165) is 40.9 Å². The summed E-state index contributed by atoms with van der Waals surface area (Å²) in [6, 6.07) is 9.54. The van der Waals surface area contributed by atoms with Gasteiger partial charge in [-0.2, -0.15) is 0 Å². The Labute approximate surface area is 150 Å². The van der Waals surface area contributed by atoms with E-state index in [1.165, 1.54) is 17.2 Å². The van der Waals surface area contributed by atoms with E-state index >= 15 is 0 Å². The van der Waals surface area contributed by atoms with Crippen molar-refractivity contribution in [1.29, 1.82) is 0 Å². The fourth-order valence-corrected chi connectivity index (χ4v) is 3.58. The fraction of sp³-hybridized carbons (Fsp3) is 0.368. The second-order valence-electron chi connectivity index (χ2n) is 5.94. The molecule has 128 valence electrons. The second-order valence-corrected chi connectivity index (χ2v) is 6.85. The van der Waals surface area contributed by atoms with Crippen LogP contribution in [0.4, 0.5) is 4.39 Å². The van der Waals surface area contributed by atoms with Crippen molar-refractivity contribution in [3.8, 4) is 11.5 Å². The van der Waals surface area contributed by atoms with Crippen molar-refractivity contribution < 1.29 is 13.9 Å². The molecule has 1 heterocycles. The summed E-state index contributed by atoms with van der Waals surface area (Å²) >= 11 is 3.30. The Morgan fingerprint density at radius 3 is 2.62 bits per heavy atom. The van der Waals surface area contributed by atoms with E-state index in [-0.39, 0.29) is 11.9 Å². The van der Waals surface area contributed by atoms with Crippen LogP contribution >= 0.6 is 15.9 Å². The maximum atomic E-state index is 14.0. The molecule has 3 rings (SSSR count). The van der Waals surface area contributed by atoms with Gasteiger partial charge in [-0.15, -0.1) is 0 Å². The SMILES string of the molecule is COc1cc2c(cc1OC)C(CCc1ccc(Br)cc1F)NCC2. The van der Waals surface area contributed by atoms with Crippen LogP contribution in [0.2, 0.25) is 0 Å². The van der Waals surface area contributed by atoms with E-state index in [2.05, 4.69) is 27.3 Å². The molecule has 0 spiro atoms. The molecule has 2 aromatic carbocycles. The lowest BCUT2D eigenvalue weighted by atomic mass is 9.90. The normalized spacial score (nSPS) is 16.6. The average Bonchev–Trinajstić information content (AvgIpc) is 2.59. The van der Waals surface area contributed by atoms with Gasteiger partial charge in [0.2, 0.25) is 0 Å². The van der Waals surface area contributed by atoms with Crippen LogP contribution in [0.5, 0.6) is 11.5 Å². The summed E-state index contributed by atoms with van der Waals surface area (Å²) in [7, 11) is 3.30. The van der Waals surface area contributed by atoms with Crippen molar-refractivity contribution in [3.63, 3.8) is 0 Å². The number of nitrogens with one attached hydrogen (secondary N) is 1. The van der Waals surface area contributed by atoms with Gasteiger partial charge in [0.15, 0.2) is 11.5 Å². The quantitative estimate of drug-likeness (QED) is 0.814. The largest absolute Gasteiger partial charge is 0.493 e. The summed E-state index contributed by atoms with van der Waals surface area (Å²) in [5.74, 6) is 1.34. The number of halogens is 2. The number of aryl methyl sites for hydroxylation is 1. The molecular formula is C19H21BrFNO2. The van der Waals surface area contributed by atoms with Gasteiger partial charge in [-0.1, -0.05) is 22.0 Å². The number of rotatable bonds is 5. The number of ether oxygens (including phenoxy) is 2. The van der Waals surface area contributed by atoms with Crippen LogP contribution in [0, 0.1) is 5.82 Å². The Morgan fingerprint density at radius 2 is 1.92 bits per heavy atom. The minimum absolute atomic E-state index is 0.160. The first-order chi connectivity index (χ1) is 11.6. The molecule has 5 heteroatoms. The van der Waals surface area contributed by atoms with Crippen molar-refractivity contribution in [2.75, 3.05) is 20.8 Å². The van der Waals surface area contributed by atoms with Crippen LogP contribution in [0.1, 0.15) is 29.2 Å². The summed E-state index contributed by atoms with van der Waals surface area (Å²) in [5.41, 5.74) is 3.23. The molecule has 2 aromatic rings. The third kappa shape index (κ3) is 3.57. The first-order valence-corrected chi connectivity index (χ1v) is 8.83. The smallest absolute Gasteiger partial charge is 0.161 e. The van der Waals surface area contributed by atoms with Crippen LogP contribution < -0.4 is 14.8 Å². The summed E-state index contributed by atoms with van der Waals surface area (Å²) in [4.78, 5) is 0. The summed E-state index contributed by atoms with van der Waals surface area (Å²) in [6.07, 6.45) is 2.48. The highest BCUT2D eigenvalue weighted by Crippen LogP contribution is 2.36. The van der Waals surface area contributed by atoms with Gasteiger partial charge in [0.25, 0.3) is 0 Å². The first-order valence-electron chi connectivity index (χ1n) is 8.04. The van der Waals surface area contributed by atoms with Crippen LogP contribution in [0.3, 0.4) is 0 Å². The number of methoxy groups -OCH3 is 2. The molecule has 0 aliphatic carbocycles. The van der Waals surface area contributed by atoms with Gasteiger partial charge < -0.3 is 14.8 Å². The minimum Gasteiger partial charge on any atom is -0.493 e. The highest BCUT2D eigenvalue weighted by atomic mass is 79.9. The molecule has 0 bridgehead atoms. The van der Waals surface area contributed by atoms with Gasteiger partial charge in [-0.25, -0.2) is 4.39 Å². The van der Waals surface area contributed by atoms with Crippen molar-refractivity contribution in [1.82, 2.24) is 5.32 Å². The standard InChI is InChI=1S/C19H21BrFNO2/c1-23-18-9-13-7-8-22-17(15(13)11-19(18)24-2)6-4-12-3-5-14(20)10-16(12)21/h3,5,9-11,17,22H,4,6-8H2,1-2H3. The third-order valence-electron chi connectivity index (χ3n) is 4.52. The van der Waals surface area contributed by atoms with Crippen molar-refractivity contribution in [2.45, 2.75) is 25.3 Å². The molecule has 1 aliphatic heterocycles. The van der Waals surface area contributed by atoms with E-state index in [9.17, 15) is 4.39 Å². The molecular weight excluding hydrogens is 373 g/mol. The topological polar surface area (TPSA) is 30.5 Å². The molecule has 0 fully saturated rings. The number of fused-ring (bicyclic) bond motifs is 1. The van der Waals surface area contributed by atoms with Crippen molar-refractivity contribution in [2.24, 2.45) is 0 Å². The lowest BCUT2D eigenvalue weighted by molar-refractivity contribution is 0.351. The monoisotopic (exact) mass is 393 g/mol. The Balaban J connectivity index is 1.81. The fourth-order valence-electron chi connectivity index (χ4n) is 3.25. The van der Waals surface area contributed by atoms with Crippen LogP contribution in [-0.2, 0) is 12.8 Å².